The van der Waals surface area contributed by atoms with Gasteiger partial charge in [0.25, 0.3) is 0 Å². The number of hydrogen-bond donors (Lipinski definition) is 0. The number of aryl methyl sites for hydroxylation is 2. The van der Waals surface area contributed by atoms with Gasteiger partial charge in [-0.1, -0.05) is 6.92 Å². The lowest BCUT2D eigenvalue weighted by atomic mass is 10.0. The molecule has 0 saturated heterocycles. The molecule has 1 amide bonds. The first-order valence-corrected chi connectivity index (χ1v) is 6.34. The summed E-state index contributed by atoms with van der Waals surface area (Å²) in [5.41, 5.74) is 0.920. The van der Waals surface area contributed by atoms with Gasteiger partial charge in [-0.25, -0.2) is 4.68 Å². The summed E-state index contributed by atoms with van der Waals surface area (Å²) in [5.74, 6) is 0.673. The Labute approximate surface area is 107 Å². The van der Waals surface area contributed by atoms with Crippen LogP contribution in [-0.2, 0) is 16.1 Å². The van der Waals surface area contributed by atoms with Gasteiger partial charge in [0.05, 0.1) is 5.69 Å². The average Bonchev–Trinajstić information content (AvgIpc) is 2.66. The van der Waals surface area contributed by atoms with E-state index < -0.39 is 0 Å². The van der Waals surface area contributed by atoms with Crippen LogP contribution >= 0.6 is 0 Å². The third-order valence-corrected chi connectivity index (χ3v) is 3.19. The molecule has 1 aromatic rings. The SMILES string of the molecule is CC(=O)CC(C)C(=O)N1CCCn2nc(C)cc21. The van der Waals surface area contributed by atoms with Crippen molar-refractivity contribution in [3.8, 4) is 0 Å². The van der Waals surface area contributed by atoms with Crippen LogP contribution < -0.4 is 4.90 Å². The number of aromatic nitrogens is 2. The van der Waals surface area contributed by atoms with Crippen molar-refractivity contribution in [2.75, 3.05) is 11.4 Å². The molecule has 98 valence electrons. The molecule has 2 heterocycles. The van der Waals surface area contributed by atoms with Crippen molar-refractivity contribution in [1.82, 2.24) is 9.78 Å². The van der Waals surface area contributed by atoms with Crippen LogP contribution in [0.1, 0.15) is 32.4 Å². The van der Waals surface area contributed by atoms with Crippen LogP contribution in [0, 0.1) is 12.8 Å². The highest BCUT2D eigenvalue weighted by Crippen LogP contribution is 2.24. The molecule has 0 aliphatic carbocycles. The van der Waals surface area contributed by atoms with Gasteiger partial charge in [-0.3, -0.25) is 9.69 Å². The number of anilines is 1. The number of carbonyl (C=O) groups is 2. The van der Waals surface area contributed by atoms with Crippen LogP contribution in [-0.4, -0.2) is 28.0 Å². The number of fused-ring (bicyclic) bond motifs is 1. The van der Waals surface area contributed by atoms with Crippen molar-refractivity contribution < 1.29 is 9.59 Å². The molecule has 0 saturated carbocycles. The second kappa shape index (κ2) is 4.92. The third kappa shape index (κ3) is 2.44. The number of nitrogens with zero attached hydrogens (tertiary/aromatic N) is 3. The molecule has 0 bridgehead atoms. The molecular formula is C13H19N3O2. The fourth-order valence-electron chi connectivity index (χ4n) is 2.41. The zero-order valence-electron chi connectivity index (χ0n) is 11.1. The Morgan fingerprint density at radius 3 is 2.83 bits per heavy atom. The van der Waals surface area contributed by atoms with Crippen LogP contribution in [0.5, 0.6) is 0 Å². The zero-order valence-corrected chi connectivity index (χ0v) is 11.1. The molecule has 0 N–H and O–H groups in total. The predicted molar refractivity (Wildman–Crippen MR) is 68.4 cm³/mol. The van der Waals surface area contributed by atoms with Crippen LogP contribution in [0.2, 0.25) is 0 Å². The van der Waals surface area contributed by atoms with Crippen molar-refractivity contribution in [3.05, 3.63) is 11.8 Å². The second-order valence-corrected chi connectivity index (χ2v) is 5.02. The zero-order chi connectivity index (χ0) is 13.3. The van der Waals surface area contributed by atoms with Gasteiger partial charge in [0, 0.05) is 31.5 Å². The van der Waals surface area contributed by atoms with E-state index in [4.69, 9.17) is 0 Å². The molecule has 5 heteroatoms. The number of hydrogen-bond acceptors (Lipinski definition) is 3. The second-order valence-electron chi connectivity index (χ2n) is 5.02. The summed E-state index contributed by atoms with van der Waals surface area (Å²) in [7, 11) is 0. The van der Waals surface area contributed by atoms with Gasteiger partial charge >= 0.3 is 0 Å². The van der Waals surface area contributed by atoms with Crippen LogP contribution in [0.15, 0.2) is 6.07 Å². The Kier molecular flexibility index (Phi) is 3.50. The van der Waals surface area contributed by atoms with Crippen molar-refractivity contribution in [1.29, 1.82) is 0 Å². The number of rotatable bonds is 3. The monoisotopic (exact) mass is 249 g/mol. The van der Waals surface area contributed by atoms with Crippen molar-refractivity contribution in [3.63, 3.8) is 0 Å². The van der Waals surface area contributed by atoms with Gasteiger partial charge in [-0.05, 0) is 20.3 Å². The van der Waals surface area contributed by atoms with Gasteiger partial charge in [-0.15, -0.1) is 0 Å². The largest absolute Gasteiger partial charge is 0.300 e. The molecule has 5 nitrogen and oxygen atoms in total. The minimum Gasteiger partial charge on any atom is -0.300 e. The van der Waals surface area contributed by atoms with Gasteiger partial charge in [0.15, 0.2) is 0 Å². The normalized spacial score (nSPS) is 16.3. The van der Waals surface area contributed by atoms with E-state index in [-0.39, 0.29) is 17.6 Å². The molecule has 0 aromatic carbocycles. The number of amides is 1. The van der Waals surface area contributed by atoms with Crippen LogP contribution in [0.4, 0.5) is 5.82 Å². The Morgan fingerprint density at radius 1 is 1.44 bits per heavy atom. The van der Waals surface area contributed by atoms with E-state index in [1.807, 2.05) is 24.6 Å². The summed E-state index contributed by atoms with van der Waals surface area (Å²) in [5, 5.41) is 4.36. The van der Waals surface area contributed by atoms with E-state index in [0.717, 1.165) is 24.5 Å². The molecule has 0 fully saturated rings. The van der Waals surface area contributed by atoms with E-state index in [2.05, 4.69) is 5.10 Å². The predicted octanol–water partition coefficient (Wildman–Crippen LogP) is 1.54. The highest BCUT2D eigenvalue weighted by molar-refractivity contribution is 5.96. The highest BCUT2D eigenvalue weighted by Gasteiger charge is 2.27. The quantitative estimate of drug-likeness (QED) is 0.816. The molecule has 2 rings (SSSR count). The maximum atomic E-state index is 12.3. The topological polar surface area (TPSA) is 55.2 Å². The Morgan fingerprint density at radius 2 is 2.17 bits per heavy atom. The fraction of sp³-hybridized carbons (Fsp3) is 0.615. The molecule has 18 heavy (non-hydrogen) atoms. The molecule has 0 radical (unpaired) electrons. The van der Waals surface area contributed by atoms with E-state index in [1.54, 1.807) is 4.90 Å². The van der Waals surface area contributed by atoms with Crippen molar-refractivity contribution in [2.45, 2.75) is 40.2 Å². The van der Waals surface area contributed by atoms with Gasteiger partial charge in [0.2, 0.25) is 5.91 Å². The number of carbonyl (C=O) groups excluding carboxylic acids is 2. The van der Waals surface area contributed by atoms with E-state index in [9.17, 15) is 9.59 Å². The lowest BCUT2D eigenvalue weighted by Gasteiger charge is -2.29. The first kappa shape index (κ1) is 12.8. The Balaban J connectivity index is 2.19. The van der Waals surface area contributed by atoms with Crippen molar-refractivity contribution >= 4 is 17.5 Å². The molecule has 1 aliphatic rings. The molecule has 1 aliphatic heterocycles. The number of Topliss-reactive ketones (excluding diaryl/α,β-unsaturated/α-hetero) is 1. The lowest BCUT2D eigenvalue weighted by Crippen LogP contribution is -2.40. The Bertz CT molecular complexity index is 479. The molecular weight excluding hydrogens is 230 g/mol. The summed E-state index contributed by atoms with van der Waals surface area (Å²) in [4.78, 5) is 25.2. The molecule has 0 spiro atoms. The summed E-state index contributed by atoms with van der Waals surface area (Å²) < 4.78 is 1.87. The first-order chi connectivity index (χ1) is 8.49. The van der Waals surface area contributed by atoms with E-state index >= 15 is 0 Å². The lowest BCUT2D eigenvalue weighted by molar-refractivity contribution is -0.126. The van der Waals surface area contributed by atoms with Gasteiger partial charge in [-0.2, -0.15) is 5.10 Å². The van der Waals surface area contributed by atoms with E-state index in [1.165, 1.54) is 6.92 Å². The first-order valence-electron chi connectivity index (χ1n) is 6.34. The van der Waals surface area contributed by atoms with E-state index in [0.29, 0.717) is 13.0 Å². The van der Waals surface area contributed by atoms with Gasteiger partial charge < -0.3 is 4.79 Å². The number of ketones is 1. The summed E-state index contributed by atoms with van der Waals surface area (Å²) in [6.07, 6.45) is 1.22. The summed E-state index contributed by atoms with van der Waals surface area (Å²) >= 11 is 0. The molecule has 1 aromatic heterocycles. The standard InChI is InChI=1S/C13H19N3O2/c1-9(7-11(3)17)13(18)15-5-4-6-16-12(15)8-10(2)14-16/h8-9H,4-7H2,1-3H3. The summed E-state index contributed by atoms with van der Waals surface area (Å²) in [6.45, 7) is 6.83. The van der Waals surface area contributed by atoms with Crippen LogP contribution in [0.3, 0.4) is 0 Å². The minimum atomic E-state index is -0.260. The maximum Gasteiger partial charge on any atom is 0.231 e. The molecule has 1 atom stereocenters. The minimum absolute atomic E-state index is 0.0195. The van der Waals surface area contributed by atoms with Crippen molar-refractivity contribution in [2.24, 2.45) is 5.92 Å². The third-order valence-electron chi connectivity index (χ3n) is 3.19. The summed E-state index contributed by atoms with van der Waals surface area (Å²) in [6, 6.07) is 1.93. The van der Waals surface area contributed by atoms with Gasteiger partial charge in [0.1, 0.15) is 11.6 Å². The Hall–Kier alpha value is -1.65. The maximum absolute atomic E-state index is 12.3. The highest BCUT2D eigenvalue weighted by atomic mass is 16.2. The molecule has 1 unspecified atom stereocenters. The van der Waals surface area contributed by atoms with Crippen LogP contribution in [0.25, 0.3) is 0 Å². The fourth-order valence-corrected chi connectivity index (χ4v) is 2.41. The smallest absolute Gasteiger partial charge is 0.231 e. The average molecular weight is 249 g/mol.